The molecule has 4 aromatic rings. The van der Waals surface area contributed by atoms with Gasteiger partial charge in [-0.3, -0.25) is 9.78 Å². The van der Waals surface area contributed by atoms with E-state index in [1.54, 1.807) is 6.07 Å². The van der Waals surface area contributed by atoms with Crippen LogP contribution >= 0.6 is 23.2 Å². The van der Waals surface area contributed by atoms with Crippen LogP contribution in [0.1, 0.15) is 23.5 Å². The number of carbonyl (C=O) groups is 1. The van der Waals surface area contributed by atoms with Crippen molar-refractivity contribution < 1.29 is 14.3 Å². The number of anilines is 1. The molecule has 0 spiro atoms. The first-order chi connectivity index (χ1) is 18.1. The third-order valence-electron chi connectivity index (χ3n) is 7.16. The quantitative estimate of drug-likeness (QED) is 0.285. The average Bonchev–Trinajstić information content (AvgIpc) is 2.92. The van der Waals surface area contributed by atoms with E-state index in [9.17, 15) is 4.79 Å². The van der Waals surface area contributed by atoms with Crippen LogP contribution in [0.2, 0.25) is 10.0 Å². The summed E-state index contributed by atoms with van der Waals surface area (Å²) in [6.45, 7) is 3.36. The number of fused-ring (bicyclic) bond motifs is 2. The Morgan fingerprint density at radius 1 is 0.973 bits per heavy atom. The molecule has 1 saturated heterocycles. The number of Topliss-reactive ketones (excluding diaryl/α,β-unsaturated/α-hetero) is 1. The number of nitrogens with zero attached hydrogens (tertiary/aromatic N) is 2. The second kappa shape index (κ2) is 10.3. The molecular weight excluding hydrogens is 507 g/mol. The van der Waals surface area contributed by atoms with Crippen molar-refractivity contribution in [2.24, 2.45) is 0 Å². The van der Waals surface area contributed by atoms with Crippen LogP contribution in [0.3, 0.4) is 0 Å². The molecule has 7 heteroatoms. The number of hydrogen-bond acceptors (Lipinski definition) is 5. The van der Waals surface area contributed by atoms with E-state index >= 15 is 0 Å². The van der Waals surface area contributed by atoms with Crippen molar-refractivity contribution in [3.63, 3.8) is 0 Å². The average molecular weight is 533 g/mol. The van der Waals surface area contributed by atoms with Gasteiger partial charge in [-0.1, -0.05) is 59.6 Å². The largest absolute Gasteiger partial charge is 0.493 e. The number of hydrogen-bond donors (Lipinski definition) is 0. The van der Waals surface area contributed by atoms with Crippen LogP contribution in [-0.4, -0.2) is 43.7 Å². The number of aromatic nitrogens is 1. The van der Waals surface area contributed by atoms with Crippen molar-refractivity contribution in [3.8, 4) is 16.9 Å². The van der Waals surface area contributed by atoms with Crippen LogP contribution in [0.5, 0.6) is 5.75 Å². The first-order valence-corrected chi connectivity index (χ1v) is 13.3. The molecule has 6 rings (SSSR count). The zero-order chi connectivity index (χ0) is 25.4. The van der Waals surface area contributed by atoms with Gasteiger partial charge in [0, 0.05) is 63.7 Å². The van der Waals surface area contributed by atoms with E-state index in [1.807, 2.05) is 54.7 Å². The molecule has 188 valence electrons. The van der Waals surface area contributed by atoms with Gasteiger partial charge in [0.2, 0.25) is 0 Å². The normalized spacial score (nSPS) is 17.4. The summed E-state index contributed by atoms with van der Waals surface area (Å²) in [6, 6.07) is 19.5. The second-order valence-corrected chi connectivity index (χ2v) is 10.3. The lowest BCUT2D eigenvalue weighted by molar-refractivity contribution is -0.120. The van der Waals surface area contributed by atoms with Crippen molar-refractivity contribution >= 4 is 45.6 Å². The molecule has 0 bridgehead atoms. The van der Waals surface area contributed by atoms with E-state index in [4.69, 9.17) is 37.7 Å². The first kappa shape index (κ1) is 24.2. The van der Waals surface area contributed by atoms with Crippen molar-refractivity contribution in [1.29, 1.82) is 0 Å². The topological polar surface area (TPSA) is 51.7 Å². The third kappa shape index (κ3) is 4.79. The summed E-state index contributed by atoms with van der Waals surface area (Å²) in [4.78, 5) is 20.9. The summed E-state index contributed by atoms with van der Waals surface area (Å²) >= 11 is 12.6. The standard InChI is InChI=1S/C30H26Cl2N2O3/c31-21-14-19(15-22(32)17-21)23-5-3-6-26-29(23)33-18-20(30(26)34-9-12-36-13-10-34)16-27(35)24-8-11-37-28-7-2-1-4-25(24)28/h1-7,14-15,17-18,24H,8-13,16H2/t24-/m0/s1. The van der Waals surface area contributed by atoms with E-state index in [0.29, 0.717) is 42.7 Å². The first-order valence-electron chi connectivity index (χ1n) is 12.5. The molecule has 1 aromatic heterocycles. The Morgan fingerprint density at radius 3 is 2.57 bits per heavy atom. The highest BCUT2D eigenvalue weighted by Crippen LogP contribution is 2.39. The minimum Gasteiger partial charge on any atom is -0.493 e. The third-order valence-corrected chi connectivity index (χ3v) is 7.59. The van der Waals surface area contributed by atoms with Crippen molar-refractivity contribution in [2.75, 3.05) is 37.8 Å². The Labute approximate surface area is 225 Å². The molecule has 2 aliphatic heterocycles. The highest BCUT2D eigenvalue weighted by Gasteiger charge is 2.29. The summed E-state index contributed by atoms with van der Waals surface area (Å²) in [5, 5.41) is 2.16. The number of ketones is 1. The number of benzene rings is 3. The predicted octanol–water partition coefficient (Wildman–Crippen LogP) is 6.72. The summed E-state index contributed by atoms with van der Waals surface area (Å²) in [5.74, 6) is 0.810. The van der Waals surface area contributed by atoms with Crippen LogP contribution < -0.4 is 9.64 Å². The SMILES string of the molecule is O=C(Cc1cnc2c(-c3cc(Cl)cc(Cl)c3)cccc2c1N1CCOCC1)[C@H]1CCOc2ccccc21. The van der Waals surface area contributed by atoms with Gasteiger partial charge in [-0.15, -0.1) is 0 Å². The van der Waals surface area contributed by atoms with Crippen LogP contribution in [0.25, 0.3) is 22.0 Å². The van der Waals surface area contributed by atoms with Gasteiger partial charge in [0.25, 0.3) is 0 Å². The molecule has 0 amide bonds. The van der Waals surface area contributed by atoms with Gasteiger partial charge in [-0.05, 0) is 36.2 Å². The molecule has 0 aliphatic carbocycles. The summed E-state index contributed by atoms with van der Waals surface area (Å²) in [5.41, 5.74) is 5.68. The molecule has 0 saturated carbocycles. The van der Waals surface area contributed by atoms with Crippen molar-refractivity contribution in [3.05, 3.63) is 88.0 Å². The predicted molar refractivity (Wildman–Crippen MR) is 148 cm³/mol. The second-order valence-electron chi connectivity index (χ2n) is 9.46. The lowest BCUT2D eigenvalue weighted by Crippen LogP contribution is -2.37. The maximum atomic E-state index is 13.7. The molecule has 5 nitrogen and oxygen atoms in total. The molecule has 1 fully saturated rings. The van der Waals surface area contributed by atoms with Gasteiger partial charge < -0.3 is 14.4 Å². The van der Waals surface area contributed by atoms with Crippen LogP contribution in [-0.2, 0) is 16.0 Å². The minimum absolute atomic E-state index is 0.182. The number of ether oxygens (including phenoxy) is 2. The number of morpholine rings is 1. The van der Waals surface area contributed by atoms with E-state index in [0.717, 1.165) is 57.7 Å². The number of rotatable bonds is 5. The fraction of sp³-hybridized carbons (Fsp3) is 0.267. The zero-order valence-electron chi connectivity index (χ0n) is 20.3. The fourth-order valence-corrected chi connectivity index (χ4v) is 6.00. The Bertz CT molecular complexity index is 1460. The zero-order valence-corrected chi connectivity index (χ0v) is 21.8. The van der Waals surface area contributed by atoms with Crippen LogP contribution in [0, 0.1) is 0 Å². The smallest absolute Gasteiger partial charge is 0.145 e. The van der Waals surface area contributed by atoms with Gasteiger partial charge in [-0.2, -0.15) is 0 Å². The molecule has 0 radical (unpaired) electrons. The maximum absolute atomic E-state index is 13.7. The lowest BCUT2D eigenvalue weighted by atomic mass is 9.86. The number of pyridine rings is 1. The molecular formula is C30H26Cl2N2O3. The Morgan fingerprint density at radius 2 is 1.76 bits per heavy atom. The lowest BCUT2D eigenvalue weighted by Gasteiger charge is -2.32. The van der Waals surface area contributed by atoms with Crippen LogP contribution in [0.15, 0.2) is 66.9 Å². The van der Waals surface area contributed by atoms with E-state index < -0.39 is 0 Å². The van der Waals surface area contributed by atoms with E-state index in [-0.39, 0.29) is 11.7 Å². The molecule has 3 aromatic carbocycles. The Balaban J connectivity index is 1.44. The minimum atomic E-state index is -0.182. The van der Waals surface area contributed by atoms with Crippen LogP contribution in [0.4, 0.5) is 5.69 Å². The molecule has 37 heavy (non-hydrogen) atoms. The molecule has 1 atom stereocenters. The highest BCUT2D eigenvalue weighted by molar-refractivity contribution is 6.35. The highest BCUT2D eigenvalue weighted by atomic mass is 35.5. The summed E-state index contributed by atoms with van der Waals surface area (Å²) in [6.07, 6.45) is 2.86. The molecule has 2 aliphatic rings. The molecule has 0 N–H and O–H groups in total. The van der Waals surface area contributed by atoms with E-state index in [1.165, 1.54) is 0 Å². The van der Waals surface area contributed by atoms with Gasteiger partial charge >= 0.3 is 0 Å². The summed E-state index contributed by atoms with van der Waals surface area (Å²) < 4.78 is 11.4. The van der Waals surface area contributed by atoms with Gasteiger partial charge in [0.05, 0.1) is 31.0 Å². The van der Waals surface area contributed by atoms with Gasteiger partial charge in [0.1, 0.15) is 11.5 Å². The monoisotopic (exact) mass is 532 g/mol. The van der Waals surface area contributed by atoms with E-state index in [2.05, 4.69) is 11.0 Å². The molecule has 0 unspecified atom stereocenters. The fourth-order valence-electron chi connectivity index (χ4n) is 5.47. The number of halogens is 2. The van der Waals surface area contributed by atoms with Crippen molar-refractivity contribution in [2.45, 2.75) is 18.8 Å². The van der Waals surface area contributed by atoms with Gasteiger partial charge in [-0.25, -0.2) is 0 Å². The van der Waals surface area contributed by atoms with Crippen molar-refractivity contribution in [1.82, 2.24) is 4.98 Å². The maximum Gasteiger partial charge on any atom is 0.145 e. The molecule has 3 heterocycles. The Kier molecular flexibility index (Phi) is 6.76. The Hall–Kier alpha value is -3.12. The number of para-hydroxylation sites is 2. The summed E-state index contributed by atoms with van der Waals surface area (Å²) in [7, 11) is 0. The number of carbonyl (C=O) groups excluding carboxylic acids is 1. The van der Waals surface area contributed by atoms with Gasteiger partial charge in [0.15, 0.2) is 0 Å².